The molecule has 0 aromatic heterocycles. The molecule has 8 aromatic carbocycles. The fourth-order valence-corrected chi connectivity index (χ4v) is 10.6. The Hall–Kier alpha value is -3.78. The second kappa shape index (κ2) is 24.4. The van der Waals surface area contributed by atoms with Crippen LogP contribution in [0.2, 0.25) is 0 Å². The second-order valence-electron chi connectivity index (χ2n) is 20.4. The Bertz CT molecular complexity index is 2670. The van der Waals surface area contributed by atoms with E-state index in [2.05, 4.69) is 224 Å². The van der Waals surface area contributed by atoms with E-state index in [1.165, 1.54) is 110 Å². The molecule has 8 aromatic rings. The van der Waals surface area contributed by atoms with E-state index in [1.54, 1.807) is 0 Å². The van der Waals surface area contributed by atoms with Gasteiger partial charge in [-0.1, -0.05) is 191 Å². The van der Waals surface area contributed by atoms with Crippen LogP contribution in [0.25, 0.3) is 54.9 Å². The molecule has 1 aliphatic heterocycles. The summed E-state index contributed by atoms with van der Waals surface area (Å²) < 4.78 is 0. The number of hydrogen-bond acceptors (Lipinski definition) is 0. The van der Waals surface area contributed by atoms with Crippen molar-refractivity contribution in [3.63, 3.8) is 0 Å². The first-order valence-corrected chi connectivity index (χ1v) is 32.4. The zero-order valence-corrected chi connectivity index (χ0v) is 48.2. The molecule has 0 N–H and O–H groups in total. The quantitative estimate of drug-likeness (QED) is 0.0946. The molecule has 0 aliphatic carbocycles. The molecule has 9 rings (SSSR count). The van der Waals surface area contributed by atoms with Crippen LogP contribution in [0.3, 0.4) is 0 Å². The van der Waals surface area contributed by atoms with E-state index in [0.717, 1.165) is 22.4 Å². The molecule has 0 bridgehead atoms. The van der Waals surface area contributed by atoms with Gasteiger partial charge in [0.05, 0.1) is 9.52 Å². The Labute approximate surface area is 432 Å². The first kappa shape index (κ1) is 53.6. The molecule has 0 nitrogen and oxygen atoms in total. The topological polar surface area (TPSA) is 0 Å². The maximum atomic E-state index is 4.93. The van der Waals surface area contributed by atoms with E-state index in [-0.39, 0.29) is 0 Å². The molecule has 0 amide bonds. The third-order valence-electron chi connectivity index (χ3n) is 13.6. The second-order valence-corrected chi connectivity index (χ2v) is 25.4. The molecule has 354 valence electrons. The van der Waals surface area contributed by atoms with Gasteiger partial charge in [-0.05, 0) is 81.7 Å². The van der Waals surface area contributed by atoms with Crippen LogP contribution < -0.4 is 10.4 Å². The fraction of sp³-hybridized carbons (Fsp3) is 0.344. The Morgan fingerprint density at radius 3 is 1.26 bits per heavy atom. The molecular formula is C64H73Cl2SiZr-3. The van der Waals surface area contributed by atoms with E-state index in [4.69, 9.17) is 17.0 Å². The predicted octanol–water partition coefficient (Wildman–Crippen LogP) is 18.8. The number of rotatable bonds is 10. The summed E-state index contributed by atoms with van der Waals surface area (Å²) in [6, 6.07) is 51.5. The van der Waals surface area contributed by atoms with E-state index >= 15 is 0 Å². The van der Waals surface area contributed by atoms with Gasteiger partial charge < -0.3 is 0 Å². The van der Waals surface area contributed by atoms with Crippen molar-refractivity contribution in [2.24, 2.45) is 0 Å². The average Bonchev–Trinajstić information content (AvgIpc) is 4.07. The first-order chi connectivity index (χ1) is 32.5. The number of hydrogen-bond donors (Lipinski definition) is 0. The third kappa shape index (κ3) is 12.6. The number of benzene rings is 6. The zero-order valence-electron chi connectivity index (χ0n) is 43.3. The van der Waals surface area contributed by atoms with Crippen LogP contribution in [-0.2, 0) is 33.7 Å². The van der Waals surface area contributed by atoms with Gasteiger partial charge in [-0.15, -0.1) is 74.6 Å². The van der Waals surface area contributed by atoms with E-state index < -0.39 is 20.8 Å². The number of halogens is 2. The summed E-state index contributed by atoms with van der Waals surface area (Å²) in [5.41, 5.74) is 20.0. The van der Waals surface area contributed by atoms with Crippen LogP contribution in [0.5, 0.6) is 0 Å². The largest absolute Gasteiger partial charge is 0.184 e. The number of fused-ring (bicyclic) bond motifs is 5. The Kier molecular flexibility index (Phi) is 19.2. The standard InChI is InChI=1S/2C26H33.C12H7Si.2ClH.Zr/c2*1-8-19-9-10-20-11-23(18(6)7)15-25(20)26(19)24-13-21(16(2)3)12-22(14-24)17(4)5;1-3-7-11-9(5-1)10-6-2-4-8-12(10)13-11;;;/h2*9-18H,8H2,1-7H3;1-7H;2*1H;/q3*-1;;;+2/p-2. The van der Waals surface area contributed by atoms with Gasteiger partial charge in [-0.2, -0.15) is 41.6 Å². The molecule has 68 heavy (non-hydrogen) atoms. The molecule has 0 spiro atoms. The van der Waals surface area contributed by atoms with Gasteiger partial charge in [0.1, 0.15) is 0 Å². The Morgan fingerprint density at radius 2 is 0.882 bits per heavy atom. The summed E-state index contributed by atoms with van der Waals surface area (Å²) in [6.45, 7) is 32.0. The van der Waals surface area contributed by atoms with Gasteiger partial charge in [-0.3, -0.25) is 0 Å². The van der Waals surface area contributed by atoms with Crippen molar-refractivity contribution in [1.82, 2.24) is 0 Å². The summed E-state index contributed by atoms with van der Waals surface area (Å²) in [6.07, 6.45) is 2.13. The summed E-state index contributed by atoms with van der Waals surface area (Å²) in [5, 5.41) is 8.42. The van der Waals surface area contributed by atoms with E-state index in [0.29, 0.717) is 35.5 Å². The molecule has 0 saturated heterocycles. The molecular weight excluding hydrogens is 959 g/mol. The molecule has 1 aliphatic rings. The van der Waals surface area contributed by atoms with Crippen molar-refractivity contribution in [3.05, 3.63) is 178 Å². The maximum absolute atomic E-state index is 4.93. The maximum Gasteiger partial charge on any atom is 0.0920 e. The van der Waals surface area contributed by atoms with Crippen LogP contribution in [0, 0.1) is 6.07 Å². The minimum absolute atomic E-state index is 0.544. The smallest absolute Gasteiger partial charge is 0.0920 e. The van der Waals surface area contributed by atoms with E-state index in [1.807, 2.05) is 6.07 Å². The average molecular weight is 1030 g/mol. The Morgan fingerprint density at radius 1 is 0.485 bits per heavy atom. The number of aryl methyl sites for hydroxylation is 2. The molecule has 0 atom stereocenters. The van der Waals surface area contributed by atoms with Crippen LogP contribution >= 0.6 is 17.0 Å². The molecule has 0 saturated carbocycles. The van der Waals surface area contributed by atoms with Gasteiger partial charge in [0, 0.05) is 0 Å². The van der Waals surface area contributed by atoms with Crippen LogP contribution in [0.1, 0.15) is 177 Å². The summed E-state index contributed by atoms with van der Waals surface area (Å²) in [4.78, 5) is 0. The van der Waals surface area contributed by atoms with Crippen LogP contribution in [-0.4, -0.2) is 9.52 Å². The van der Waals surface area contributed by atoms with Crippen molar-refractivity contribution < 1.29 is 20.8 Å². The first-order valence-electron chi connectivity index (χ1n) is 25.1. The van der Waals surface area contributed by atoms with Crippen LogP contribution in [0.15, 0.2) is 127 Å². The zero-order chi connectivity index (χ0) is 49.4. The van der Waals surface area contributed by atoms with Crippen LogP contribution in [0.4, 0.5) is 0 Å². The van der Waals surface area contributed by atoms with Gasteiger partial charge in [-0.25, -0.2) is 0 Å². The third-order valence-corrected chi connectivity index (χ3v) is 15.0. The molecule has 1 heterocycles. The van der Waals surface area contributed by atoms with Crippen molar-refractivity contribution in [2.75, 3.05) is 0 Å². The summed E-state index contributed by atoms with van der Waals surface area (Å²) in [5.74, 6) is 3.30. The van der Waals surface area contributed by atoms with E-state index in [9.17, 15) is 0 Å². The van der Waals surface area contributed by atoms with Gasteiger partial charge in [0.15, 0.2) is 0 Å². The Balaban J connectivity index is 0.000000171. The molecule has 2 radical (unpaired) electrons. The van der Waals surface area contributed by atoms with Gasteiger partial charge in [0.2, 0.25) is 0 Å². The van der Waals surface area contributed by atoms with Crippen molar-refractivity contribution >= 4 is 58.5 Å². The monoisotopic (exact) mass is 1030 g/mol. The molecule has 0 fully saturated rings. The van der Waals surface area contributed by atoms with Gasteiger partial charge in [0.25, 0.3) is 0 Å². The van der Waals surface area contributed by atoms with Crippen molar-refractivity contribution in [1.29, 1.82) is 0 Å². The van der Waals surface area contributed by atoms with Gasteiger partial charge >= 0.3 is 37.9 Å². The fourth-order valence-electron chi connectivity index (χ4n) is 9.34. The summed E-state index contributed by atoms with van der Waals surface area (Å²) >= 11 is -0.826. The predicted molar refractivity (Wildman–Crippen MR) is 301 cm³/mol. The van der Waals surface area contributed by atoms with Crippen molar-refractivity contribution in [3.8, 4) is 33.4 Å². The summed E-state index contributed by atoms with van der Waals surface area (Å²) in [7, 11) is 10.7. The van der Waals surface area contributed by atoms with Crippen molar-refractivity contribution in [2.45, 2.75) is 145 Å². The minimum Gasteiger partial charge on any atom is -0.184 e. The molecule has 4 heteroatoms. The minimum atomic E-state index is -0.826. The normalized spacial score (nSPS) is 11.8. The molecule has 0 unspecified atom stereocenters. The SMILES string of the molecule is CCc1ccc2[cH-]c(C(C)C)cc2c1-c1cc(C(C)C)cc(C(C)C)c1.CCc1ccc2[cH-]c(C(C)C)cc2c1-c1cc(C(C)C)cc(C(C)C)c1.[Cl][Zr][Cl].[c-]1cccc2c1[Si]c1ccccc1-2.